The molecule has 1 saturated heterocycles. The molecule has 0 spiro atoms. The van der Waals surface area contributed by atoms with E-state index in [-0.39, 0.29) is 18.0 Å². The number of carbonyl (C=O) groups is 1. The van der Waals surface area contributed by atoms with Crippen LogP contribution >= 0.6 is 0 Å². The Balaban J connectivity index is 1.56. The minimum Gasteiger partial charge on any atom is -0.392 e. The first kappa shape index (κ1) is 16.5. The predicted molar refractivity (Wildman–Crippen MR) is 96.0 cm³/mol. The second-order valence-corrected chi connectivity index (χ2v) is 6.19. The highest BCUT2D eigenvalue weighted by Gasteiger charge is 2.27. The smallest absolute Gasteiger partial charge is 0.241 e. The Morgan fingerprint density at radius 1 is 1.12 bits per heavy atom. The number of anilines is 2. The predicted octanol–water partition coefficient (Wildman–Crippen LogP) is 2.52. The number of benzene rings is 2. The van der Waals surface area contributed by atoms with E-state index in [9.17, 15) is 9.90 Å². The number of hydrogen-bond donors (Lipinski definition) is 4. The molecule has 0 saturated carbocycles. The molecule has 3 rings (SSSR count). The summed E-state index contributed by atoms with van der Waals surface area (Å²) < 4.78 is 0. The van der Waals surface area contributed by atoms with E-state index in [1.165, 1.54) is 5.56 Å². The molecule has 3 unspecified atom stereocenters. The Morgan fingerprint density at radius 2 is 1.79 bits per heavy atom. The highest BCUT2D eigenvalue weighted by molar-refractivity contribution is 5.95. The van der Waals surface area contributed by atoms with Crippen molar-refractivity contribution >= 4 is 17.3 Å². The van der Waals surface area contributed by atoms with Crippen LogP contribution in [-0.2, 0) is 4.79 Å². The minimum atomic E-state index is -0.438. The lowest BCUT2D eigenvalue weighted by Gasteiger charge is -2.16. The fourth-order valence-electron chi connectivity index (χ4n) is 2.87. The van der Waals surface area contributed by atoms with Crippen molar-refractivity contribution in [1.82, 2.24) is 5.32 Å². The van der Waals surface area contributed by atoms with Gasteiger partial charge < -0.3 is 21.1 Å². The van der Waals surface area contributed by atoms with Gasteiger partial charge in [0.25, 0.3) is 0 Å². The van der Waals surface area contributed by atoms with Crippen LogP contribution in [-0.4, -0.2) is 29.7 Å². The normalized spacial score (nSPS) is 21.2. The number of hydrogen-bond acceptors (Lipinski definition) is 4. The van der Waals surface area contributed by atoms with Crippen molar-refractivity contribution in [3.63, 3.8) is 0 Å². The van der Waals surface area contributed by atoms with E-state index >= 15 is 0 Å². The molecule has 0 bridgehead atoms. The first-order valence-electron chi connectivity index (χ1n) is 8.25. The summed E-state index contributed by atoms with van der Waals surface area (Å²) in [6.07, 6.45) is 0.0202. The SMILES string of the molecule is CC(Nc1ccc(NC(=O)C2CC(O)CN2)cc1)c1ccccc1. The van der Waals surface area contributed by atoms with Crippen molar-refractivity contribution in [2.24, 2.45) is 0 Å². The van der Waals surface area contributed by atoms with Crippen LogP contribution in [0.15, 0.2) is 54.6 Å². The monoisotopic (exact) mass is 325 g/mol. The molecule has 0 aromatic heterocycles. The van der Waals surface area contributed by atoms with Crippen molar-refractivity contribution in [2.45, 2.75) is 31.5 Å². The molecular weight excluding hydrogens is 302 g/mol. The molecule has 1 amide bonds. The summed E-state index contributed by atoms with van der Waals surface area (Å²) in [5.41, 5.74) is 2.97. The van der Waals surface area contributed by atoms with E-state index in [1.54, 1.807) is 0 Å². The van der Waals surface area contributed by atoms with Gasteiger partial charge in [-0.1, -0.05) is 30.3 Å². The van der Waals surface area contributed by atoms with E-state index in [1.807, 2.05) is 42.5 Å². The number of rotatable bonds is 5. The van der Waals surface area contributed by atoms with Crippen LogP contribution in [0.2, 0.25) is 0 Å². The number of β-amino-alcohol motifs (C(OH)–C–C–N with tert-alkyl or cyclic N) is 1. The lowest BCUT2D eigenvalue weighted by atomic mass is 10.1. The third kappa shape index (κ3) is 4.13. The van der Waals surface area contributed by atoms with Gasteiger partial charge in [-0.25, -0.2) is 0 Å². The zero-order valence-corrected chi connectivity index (χ0v) is 13.7. The van der Waals surface area contributed by atoms with E-state index in [0.29, 0.717) is 13.0 Å². The van der Waals surface area contributed by atoms with E-state index in [4.69, 9.17) is 0 Å². The number of aliphatic hydroxyl groups excluding tert-OH is 1. The highest BCUT2D eigenvalue weighted by Crippen LogP contribution is 2.21. The van der Waals surface area contributed by atoms with Gasteiger partial charge in [-0.3, -0.25) is 4.79 Å². The van der Waals surface area contributed by atoms with Crippen molar-refractivity contribution in [3.8, 4) is 0 Å². The summed E-state index contributed by atoms with van der Waals surface area (Å²) in [5.74, 6) is -0.107. The Kier molecular flexibility index (Phi) is 5.13. The molecule has 1 fully saturated rings. The topological polar surface area (TPSA) is 73.4 Å². The second-order valence-electron chi connectivity index (χ2n) is 6.19. The largest absolute Gasteiger partial charge is 0.392 e. The lowest BCUT2D eigenvalue weighted by Crippen LogP contribution is -2.35. The molecule has 1 heterocycles. The molecular formula is C19H23N3O2. The summed E-state index contributed by atoms with van der Waals surface area (Å²) in [4.78, 5) is 12.1. The van der Waals surface area contributed by atoms with Crippen molar-refractivity contribution < 1.29 is 9.90 Å². The summed E-state index contributed by atoms with van der Waals surface area (Å²) in [5, 5.41) is 18.8. The van der Waals surface area contributed by atoms with Gasteiger partial charge in [0, 0.05) is 24.0 Å². The average molecular weight is 325 g/mol. The number of carbonyl (C=O) groups excluding carboxylic acids is 1. The summed E-state index contributed by atoms with van der Waals surface area (Å²) in [6, 6.07) is 17.8. The molecule has 5 nitrogen and oxygen atoms in total. The van der Waals surface area contributed by atoms with Gasteiger partial charge in [0.05, 0.1) is 12.1 Å². The summed E-state index contributed by atoms with van der Waals surface area (Å²) in [7, 11) is 0. The van der Waals surface area contributed by atoms with Gasteiger partial charge in [0.2, 0.25) is 5.91 Å². The van der Waals surface area contributed by atoms with Crippen molar-refractivity contribution in [3.05, 3.63) is 60.2 Å². The van der Waals surface area contributed by atoms with Crippen LogP contribution in [0.25, 0.3) is 0 Å². The average Bonchev–Trinajstić information content (AvgIpc) is 3.04. The number of aliphatic hydroxyl groups is 1. The standard InChI is InChI=1S/C19H23N3O2/c1-13(14-5-3-2-4-6-14)21-15-7-9-16(10-8-15)22-19(24)18-11-17(23)12-20-18/h2-10,13,17-18,20-21,23H,11-12H2,1H3,(H,22,24). The Labute approximate surface area is 142 Å². The third-order valence-electron chi connectivity index (χ3n) is 4.26. The molecule has 2 aromatic rings. The van der Waals surface area contributed by atoms with E-state index in [2.05, 4.69) is 35.0 Å². The van der Waals surface area contributed by atoms with Gasteiger partial charge in [0.1, 0.15) is 0 Å². The minimum absolute atomic E-state index is 0.107. The fourth-order valence-corrected chi connectivity index (χ4v) is 2.87. The van der Waals surface area contributed by atoms with Gasteiger partial charge in [0.15, 0.2) is 0 Å². The lowest BCUT2D eigenvalue weighted by molar-refractivity contribution is -0.117. The third-order valence-corrected chi connectivity index (χ3v) is 4.26. The maximum atomic E-state index is 12.1. The molecule has 5 heteroatoms. The van der Waals surface area contributed by atoms with Crippen LogP contribution in [0.5, 0.6) is 0 Å². The Bertz CT molecular complexity index is 673. The summed E-state index contributed by atoms with van der Waals surface area (Å²) >= 11 is 0. The van der Waals surface area contributed by atoms with Gasteiger partial charge >= 0.3 is 0 Å². The molecule has 1 aliphatic heterocycles. The van der Waals surface area contributed by atoms with Crippen LogP contribution in [0.1, 0.15) is 24.9 Å². The molecule has 0 radical (unpaired) electrons. The van der Waals surface area contributed by atoms with E-state index < -0.39 is 6.10 Å². The van der Waals surface area contributed by atoms with Crippen LogP contribution in [0.4, 0.5) is 11.4 Å². The quantitative estimate of drug-likeness (QED) is 0.681. The molecule has 24 heavy (non-hydrogen) atoms. The zero-order valence-electron chi connectivity index (χ0n) is 13.7. The summed E-state index contributed by atoms with van der Waals surface area (Å²) in [6.45, 7) is 2.58. The highest BCUT2D eigenvalue weighted by atomic mass is 16.3. The molecule has 3 atom stereocenters. The molecule has 2 aromatic carbocycles. The fraction of sp³-hybridized carbons (Fsp3) is 0.316. The zero-order chi connectivity index (χ0) is 16.9. The molecule has 1 aliphatic rings. The first-order chi connectivity index (χ1) is 11.6. The number of amides is 1. The van der Waals surface area contributed by atoms with Crippen LogP contribution < -0.4 is 16.0 Å². The molecule has 4 N–H and O–H groups in total. The van der Waals surface area contributed by atoms with Crippen molar-refractivity contribution in [2.75, 3.05) is 17.2 Å². The van der Waals surface area contributed by atoms with E-state index in [0.717, 1.165) is 11.4 Å². The Hall–Kier alpha value is -2.37. The maximum Gasteiger partial charge on any atom is 0.241 e. The number of nitrogens with one attached hydrogen (secondary N) is 3. The second kappa shape index (κ2) is 7.47. The van der Waals surface area contributed by atoms with Gasteiger partial charge in [-0.2, -0.15) is 0 Å². The van der Waals surface area contributed by atoms with Gasteiger partial charge in [-0.15, -0.1) is 0 Å². The van der Waals surface area contributed by atoms with Crippen LogP contribution in [0, 0.1) is 0 Å². The van der Waals surface area contributed by atoms with Crippen molar-refractivity contribution in [1.29, 1.82) is 0 Å². The van der Waals surface area contributed by atoms with Crippen LogP contribution in [0.3, 0.4) is 0 Å². The van der Waals surface area contributed by atoms with Gasteiger partial charge in [-0.05, 0) is 43.2 Å². The maximum absolute atomic E-state index is 12.1. The first-order valence-corrected chi connectivity index (χ1v) is 8.25. The molecule has 126 valence electrons. The Morgan fingerprint density at radius 3 is 2.42 bits per heavy atom. The molecule has 0 aliphatic carbocycles.